The van der Waals surface area contributed by atoms with Gasteiger partial charge in [0.15, 0.2) is 0 Å². The molecule has 4 aromatic heterocycles. The van der Waals surface area contributed by atoms with Gasteiger partial charge in [0.1, 0.15) is 52.5 Å². The van der Waals surface area contributed by atoms with Gasteiger partial charge in [-0.1, -0.05) is 22.4 Å². The normalized spacial score (nSPS) is 15.7. The van der Waals surface area contributed by atoms with Gasteiger partial charge in [0, 0.05) is 137 Å². The van der Waals surface area contributed by atoms with Gasteiger partial charge >= 0.3 is 11.9 Å². The topological polar surface area (TPSA) is 153 Å². The minimum atomic E-state index is -0.706. The van der Waals surface area contributed by atoms with Crippen LogP contribution in [0.2, 0.25) is 0 Å². The third kappa shape index (κ3) is 11.1. The van der Waals surface area contributed by atoms with E-state index in [-0.39, 0.29) is 41.1 Å². The molecule has 0 amide bonds. The summed E-state index contributed by atoms with van der Waals surface area (Å²) in [7, 11) is 6.69. The molecule has 2 aliphatic heterocycles. The summed E-state index contributed by atoms with van der Waals surface area (Å²) in [6.07, 6.45) is 8.97. The van der Waals surface area contributed by atoms with E-state index in [4.69, 9.17) is 18.5 Å². The van der Waals surface area contributed by atoms with E-state index in [2.05, 4.69) is 54.6 Å². The average Bonchev–Trinajstić information content (AvgIpc) is 4.38. The summed E-state index contributed by atoms with van der Waals surface area (Å²) in [6.45, 7) is 8.26. The monoisotopic (exact) mass is 1060 g/mol. The highest BCUT2D eigenvalue weighted by Gasteiger charge is 2.35. The molecule has 4 fully saturated rings. The molecule has 2 aliphatic carbocycles. The predicted molar refractivity (Wildman–Crippen MR) is 283 cm³/mol. The van der Waals surface area contributed by atoms with E-state index in [1.54, 1.807) is 6.20 Å². The Balaban J connectivity index is 0.000000145. The van der Waals surface area contributed by atoms with Crippen molar-refractivity contribution in [3.8, 4) is 22.5 Å². The summed E-state index contributed by atoms with van der Waals surface area (Å²) in [4.78, 5) is 41.7. The smallest absolute Gasteiger partial charge is 0.340 e. The van der Waals surface area contributed by atoms with Crippen LogP contribution in [-0.4, -0.2) is 116 Å². The van der Waals surface area contributed by atoms with E-state index in [0.29, 0.717) is 46.8 Å². The van der Waals surface area contributed by atoms with Gasteiger partial charge in [0.05, 0.1) is 47.5 Å². The zero-order valence-corrected chi connectivity index (χ0v) is 43.4. The van der Waals surface area contributed by atoms with Crippen LogP contribution in [0.5, 0.6) is 0 Å². The molecule has 2 saturated heterocycles. The van der Waals surface area contributed by atoms with Crippen molar-refractivity contribution < 1.29 is 50.5 Å². The number of nitrogens with zero attached hydrogens (tertiary/aromatic N) is 7. The molecule has 19 heteroatoms. The first-order chi connectivity index (χ1) is 37.4. The SMILES string of the molecule is COC(=O)c1cn(C)c2cc(N3CCN(CCc4c(-c5c(F)cccc5F)noc4C4CC4)CC3)ccc12.COC(=O)c1cn(C)c2cc(N3CCNCC3)ccc12.O=CCc1c(-c2c(F)cccc2F)noc1C1CC1. The predicted octanol–water partition coefficient (Wildman–Crippen LogP) is 9.75. The summed E-state index contributed by atoms with van der Waals surface area (Å²) >= 11 is 0. The highest BCUT2D eigenvalue weighted by atomic mass is 19.1. The first-order valence-electron chi connectivity index (χ1n) is 25.9. The van der Waals surface area contributed by atoms with Crippen molar-refractivity contribution >= 4 is 51.4 Å². The molecule has 6 heterocycles. The lowest BCUT2D eigenvalue weighted by Crippen LogP contribution is -2.47. The van der Waals surface area contributed by atoms with Crippen LogP contribution in [0.25, 0.3) is 44.3 Å². The molecular formula is C58H60F4N8O7. The molecule has 402 valence electrons. The highest BCUT2D eigenvalue weighted by molar-refractivity contribution is 6.06. The van der Waals surface area contributed by atoms with E-state index >= 15 is 0 Å². The Morgan fingerprint density at radius 2 is 1.08 bits per heavy atom. The lowest BCUT2D eigenvalue weighted by Gasteiger charge is -2.36. The van der Waals surface area contributed by atoms with E-state index in [0.717, 1.165) is 136 Å². The molecule has 1 N–H and O–H groups in total. The fraction of sp³-hybridized carbons (Fsp3) is 0.362. The van der Waals surface area contributed by atoms with E-state index in [9.17, 15) is 31.9 Å². The average molecular weight is 1060 g/mol. The molecule has 0 unspecified atom stereocenters. The van der Waals surface area contributed by atoms with Crippen molar-refractivity contribution in [3.63, 3.8) is 0 Å². The van der Waals surface area contributed by atoms with E-state index in [1.807, 2.05) is 41.6 Å². The molecular weight excluding hydrogens is 997 g/mol. The number of rotatable bonds is 13. The van der Waals surface area contributed by atoms with E-state index in [1.165, 1.54) is 44.2 Å². The van der Waals surface area contributed by atoms with Gasteiger partial charge in [-0.15, -0.1) is 0 Å². The minimum absolute atomic E-state index is 0.0540. The number of halogens is 4. The molecule has 4 aliphatic rings. The first kappa shape index (κ1) is 52.7. The van der Waals surface area contributed by atoms with Gasteiger partial charge in [-0.05, 0) is 92.8 Å². The molecule has 0 radical (unpaired) electrons. The Hall–Kier alpha value is -7.77. The Kier molecular flexibility index (Phi) is 15.6. The number of piperazine rings is 2. The number of aryl methyl sites for hydroxylation is 2. The Morgan fingerprint density at radius 3 is 1.52 bits per heavy atom. The number of methoxy groups -OCH3 is 2. The summed E-state index contributed by atoms with van der Waals surface area (Å²) in [5, 5.41) is 13.1. The van der Waals surface area contributed by atoms with Crippen molar-refractivity contribution in [3.05, 3.63) is 142 Å². The lowest BCUT2D eigenvalue weighted by atomic mass is 10.0. The number of carbonyl (C=O) groups is 3. The van der Waals surface area contributed by atoms with Crippen LogP contribution in [0.3, 0.4) is 0 Å². The van der Waals surface area contributed by atoms with E-state index < -0.39 is 23.3 Å². The van der Waals surface area contributed by atoms with Crippen molar-refractivity contribution in [1.29, 1.82) is 0 Å². The first-order valence-corrected chi connectivity index (χ1v) is 25.9. The number of aromatic nitrogens is 4. The summed E-state index contributed by atoms with van der Waals surface area (Å²) in [5.41, 5.74) is 6.94. The maximum atomic E-state index is 14.6. The van der Waals surface area contributed by atoms with Crippen LogP contribution in [-0.2, 0) is 41.2 Å². The summed E-state index contributed by atoms with van der Waals surface area (Å²) < 4.78 is 81.2. The Morgan fingerprint density at radius 1 is 0.636 bits per heavy atom. The second kappa shape index (κ2) is 22.8. The fourth-order valence-corrected chi connectivity index (χ4v) is 10.4. The molecule has 12 rings (SSSR count). The standard InChI is InChI=1S/C29H30F2N4O3.C15H19N3O2.C14H11F2NO2/c1-33-17-22(29(36)37-2)20-9-8-19(16-25(20)33)35-14-12-34(13-15-35)11-10-21-27(32-38-28(21)18-6-7-18)26-23(30)4-3-5-24(26)31;1-17-10-13(15(19)20-2)12-4-3-11(9-14(12)17)18-7-5-16-6-8-18;15-10-2-1-3-11(16)12(10)13-9(6-7-18)14(19-17-13)8-4-5-8/h3-5,8-9,16-18H,6-7,10-15H2,1-2H3;3-4,9-10,16H,5-8H2,1-2H3;1-3,7-8H,4-6H2. The molecule has 0 spiro atoms. The highest BCUT2D eigenvalue weighted by Crippen LogP contribution is 2.46. The minimum Gasteiger partial charge on any atom is -0.465 e. The molecule has 15 nitrogen and oxygen atoms in total. The third-order valence-electron chi connectivity index (χ3n) is 14.9. The van der Waals surface area contributed by atoms with Crippen LogP contribution in [0.1, 0.15) is 80.9 Å². The third-order valence-corrected chi connectivity index (χ3v) is 14.9. The van der Waals surface area contributed by atoms with Gasteiger partial charge in [-0.25, -0.2) is 27.2 Å². The van der Waals surface area contributed by atoms with Crippen LogP contribution >= 0.6 is 0 Å². The van der Waals surface area contributed by atoms with Crippen molar-refractivity contribution in [2.24, 2.45) is 14.1 Å². The molecule has 0 atom stereocenters. The maximum Gasteiger partial charge on any atom is 0.340 e. The van der Waals surface area contributed by atoms with Crippen molar-refractivity contribution in [1.82, 2.24) is 29.7 Å². The zero-order chi connectivity index (χ0) is 53.9. The van der Waals surface area contributed by atoms with Gasteiger partial charge in [0.25, 0.3) is 0 Å². The molecule has 4 aromatic carbocycles. The molecule has 8 aromatic rings. The second-order valence-electron chi connectivity index (χ2n) is 19.9. The Labute approximate surface area is 442 Å². The van der Waals surface area contributed by atoms with Gasteiger partial charge in [-0.3, -0.25) is 4.90 Å². The number of nitrogens with one attached hydrogen (secondary N) is 1. The summed E-state index contributed by atoms with van der Waals surface area (Å²) in [5.74, 6) is -1.38. The number of fused-ring (bicyclic) bond motifs is 2. The van der Waals surface area contributed by atoms with Gasteiger partial charge < -0.3 is 47.6 Å². The fourth-order valence-electron chi connectivity index (χ4n) is 10.4. The van der Waals surface area contributed by atoms with Crippen LogP contribution < -0.4 is 15.1 Å². The lowest BCUT2D eigenvalue weighted by molar-refractivity contribution is -0.107. The van der Waals surface area contributed by atoms with Gasteiger partial charge in [0.2, 0.25) is 0 Å². The molecule has 0 bridgehead atoms. The number of carbonyl (C=O) groups excluding carboxylic acids is 3. The van der Waals surface area contributed by atoms with Crippen LogP contribution in [0.4, 0.5) is 28.9 Å². The number of hydrogen-bond donors (Lipinski definition) is 1. The number of aldehydes is 1. The van der Waals surface area contributed by atoms with Crippen molar-refractivity contribution in [2.45, 2.75) is 50.4 Å². The second-order valence-corrected chi connectivity index (χ2v) is 19.9. The number of esters is 2. The maximum absolute atomic E-state index is 14.6. The van der Waals surface area contributed by atoms with Crippen LogP contribution in [0.15, 0.2) is 94.2 Å². The largest absolute Gasteiger partial charge is 0.465 e. The summed E-state index contributed by atoms with van der Waals surface area (Å²) in [6, 6.07) is 19.9. The molecule has 2 saturated carbocycles. The van der Waals surface area contributed by atoms with Crippen molar-refractivity contribution in [2.75, 3.05) is 82.9 Å². The van der Waals surface area contributed by atoms with Crippen LogP contribution in [0, 0.1) is 23.3 Å². The number of benzene rings is 4. The molecule has 77 heavy (non-hydrogen) atoms. The number of anilines is 2. The number of hydrogen-bond acceptors (Lipinski definition) is 13. The Bertz CT molecular complexity index is 3410. The quantitative estimate of drug-likeness (QED) is 0.0663. The number of ether oxygens (including phenoxy) is 2. The zero-order valence-electron chi connectivity index (χ0n) is 43.4. The van der Waals surface area contributed by atoms with Gasteiger partial charge in [-0.2, -0.15) is 0 Å².